The van der Waals surface area contributed by atoms with E-state index in [9.17, 15) is 27.5 Å². The van der Waals surface area contributed by atoms with Crippen molar-refractivity contribution in [1.29, 1.82) is 0 Å². The number of aromatic amines is 1. The Hall–Kier alpha value is -3.16. The second-order valence-corrected chi connectivity index (χ2v) is 5.56. The summed E-state index contributed by atoms with van der Waals surface area (Å²) < 4.78 is 52.0. The molecule has 1 aromatic heterocycles. The molecule has 0 aliphatic carbocycles. The van der Waals surface area contributed by atoms with Crippen LogP contribution >= 0.6 is 0 Å². The van der Waals surface area contributed by atoms with Gasteiger partial charge in [-0.1, -0.05) is 6.07 Å². The van der Waals surface area contributed by atoms with E-state index in [1.165, 1.54) is 12.1 Å². The molecule has 1 aliphatic heterocycles. The summed E-state index contributed by atoms with van der Waals surface area (Å²) in [5.41, 5.74) is -0.604. The van der Waals surface area contributed by atoms with E-state index in [0.29, 0.717) is 5.52 Å². The molecule has 0 saturated carbocycles. The van der Waals surface area contributed by atoms with Crippen LogP contribution in [-0.2, 0) is 11.0 Å². The molecule has 1 amide bonds. The van der Waals surface area contributed by atoms with Gasteiger partial charge < -0.3 is 10.1 Å². The first-order valence-corrected chi connectivity index (χ1v) is 7.11. The second-order valence-electron chi connectivity index (χ2n) is 5.56. The normalized spacial score (nSPS) is 14.1. The fraction of sp³-hybridized carbons (Fsp3) is 0.0588. The number of nitrogens with one attached hydrogen (secondary N) is 1. The van der Waals surface area contributed by atoms with Gasteiger partial charge in [0, 0.05) is 16.1 Å². The number of hydrogen-bond donors (Lipinski definition) is 2. The number of carbonyl (C=O) groups excluding carboxylic acids is 1. The van der Waals surface area contributed by atoms with Gasteiger partial charge in [-0.15, -0.1) is 0 Å². The summed E-state index contributed by atoms with van der Waals surface area (Å²) >= 11 is 0. The number of rotatable bonds is 1. The molecule has 0 bridgehead atoms. The number of halogens is 4. The van der Waals surface area contributed by atoms with E-state index in [2.05, 4.69) is 9.98 Å². The Kier molecular flexibility index (Phi) is 3.02. The topological polar surface area (TPSA) is 65.4 Å². The minimum atomic E-state index is -4.57. The lowest BCUT2D eigenvalue weighted by molar-refractivity contribution is -0.137. The van der Waals surface area contributed by atoms with Crippen molar-refractivity contribution in [3.05, 3.63) is 63.9 Å². The van der Waals surface area contributed by atoms with E-state index < -0.39 is 23.5 Å². The molecule has 0 radical (unpaired) electrons. The number of fused-ring (bicyclic) bond motifs is 2. The van der Waals surface area contributed by atoms with Crippen molar-refractivity contribution in [1.82, 2.24) is 4.98 Å². The number of alkyl halides is 3. The molecule has 4 nitrogen and oxygen atoms in total. The Bertz CT molecular complexity index is 1180. The third-order valence-corrected chi connectivity index (χ3v) is 4.02. The van der Waals surface area contributed by atoms with Gasteiger partial charge in [0.2, 0.25) is 0 Å². The van der Waals surface area contributed by atoms with Gasteiger partial charge in [-0.05, 0) is 30.3 Å². The van der Waals surface area contributed by atoms with Crippen molar-refractivity contribution in [3.63, 3.8) is 0 Å². The smallest absolute Gasteiger partial charge is 0.416 e. The zero-order chi connectivity index (χ0) is 17.9. The SMILES string of the molecule is O=C1N=c2cc(C(F)(F)F)ccc2=C1c1c(O)[nH]c2ccc(F)cc12. The maximum Gasteiger partial charge on any atom is 0.416 e. The third-order valence-electron chi connectivity index (χ3n) is 4.02. The van der Waals surface area contributed by atoms with Crippen molar-refractivity contribution in [2.24, 2.45) is 4.99 Å². The zero-order valence-corrected chi connectivity index (χ0v) is 12.3. The van der Waals surface area contributed by atoms with Crippen molar-refractivity contribution < 1.29 is 27.5 Å². The van der Waals surface area contributed by atoms with Crippen LogP contribution < -0.4 is 10.6 Å². The molecule has 0 fully saturated rings. The lowest BCUT2D eigenvalue weighted by Crippen LogP contribution is -2.25. The summed E-state index contributed by atoms with van der Waals surface area (Å²) in [4.78, 5) is 18.5. The molecule has 8 heteroatoms. The molecule has 1 aliphatic rings. The van der Waals surface area contributed by atoms with Gasteiger partial charge in [-0.25, -0.2) is 9.38 Å². The van der Waals surface area contributed by atoms with E-state index in [0.717, 1.165) is 24.3 Å². The Balaban J connectivity index is 2.07. The van der Waals surface area contributed by atoms with Gasteiger partial charge >= 0.3 is 6.18 Å². The largest absolute Gasteiger partial charge is 0.494 e. The van der Waals surface area contributed by atoms with Gasteiger partial charge in [0.15, 0.2) is 5.88 Å². The van der Waals surface area contributed by atoms with Gasteiger partial charge in [-0.3, -0.25) is 4.79 Å². The number of nitrogens with zero attached hydrogens (tertiary/aromatic N) is 1. The van der Waals surface area contributed by atoms with Crippen LogP contribution in [0.25, 0.3) is 16.5 Å². The Morgan fingerprint density at radius 2 is 1.84 bits per heavy atom. The molecular weight excluding hydrogens is 340 g/mol. The minimum Gasteiger partial charge on any atom is -0.494 e. The van der Waals surface area contributed by atoms with Crippen molar-refractivity contribution in [2.75, 3.05) is 0 Å². The molecule has 2 N–H and O–H groups in total. The zero-order valence-electron chi connectivity index (χ0n) is 12.3. The van der Waals surface area contributed by atoms with Gasteiger partial charge in [0.1, 0.15) is 5.82 Å². The number of carbonyl (C=O) groups is 1. The standard InChI is InChI=1S/C17H8F4N2O2/c18-8-2-4-11-10(6-8)14(16(25)22-11)13-9-3-1-7(17(19,20)21)5-12(9)23-15(13)24/h1-6,22,25H. The first-order chi connectivity index (χ1) is 11.8. The first kappa shape index (κ1) is 15.4. The third kappa shape index (κ3) is 2.29. The predicted octanol–water partition coefficient (Wildman–Crippen LogP) is 2.39. The van der Waals surface area contributed by atoms with Crippen molar-refractivity contribution >= 4 is 22.4 Å². The summed E-state index contributed by atoms with van der Waals surface area (Å²) in [6, 6.07) is 6.42. The molecule has 0 spiro atoms. The fourth-order valence-corrected chi connectivity index (χ4v) is 2.94. The highest BCUT2D eigenvalue weighted by Gasteiger charge is 2.32. The summed E-state index contributed by atoms with van der Waals surface area (Å²) in [5, 5.41) is 10.4. The molecule has 0 unspecified atom stereocenters. The molecule has 2 heterocycles. The van der Waals surface area contributed by atoms with E-state index in [-0.39, 0.29) is 33.0 Å². The summed E-state index contributed by atoms with van der Waals surface area (Å²) in [6.07, 6.45) is -4.57. The van der Waals surface area contributed by atoms with E-state index in [1.807, 2.05) is 0 Å². The van der Waals surface area contributed by atoms with Gasteiger partial charge in [0.05, 0.1) is 22.1 Å². The summed E-state index contributed by atoms with van der Waals surface area (Å²) in [6.45, 7) is 0. The Morgan fingerprint density at radius 3 is 2.56 bits per heavy atom. The number of H-pyrrole nitrogens is 1. The van der Waals surface area contributed by atoms with E-state index >= 15 is 0 Å². The van der Waals surface area contributed by atoms with Crippen LogP contribution in [0.1, 0.15) is 11.1 Å². The van der Waals surface area contributed by atoms with Gasteiger partial charge in [0.25, 0.3) is 5.91 Å². The second kappa shape index (κ2) is 4.92. The number of aromatic hydroxyl groups is 1. The van der Waals surface area contributed by atoms with Gasteiger partial charge in [-0.2, -0.15) is 13.2 Å². The number of hydrogen-bond acceptors (Lipinski definition) is 2. The molecule has 0 saturated heterocycles. The lowest BCUT2D eigenvalue weighted by Gasteiger charge is -2.05. The average molecular weight is 348 g/mol. The van der Waals surface area contributed by atoms with Crippen LogP contribution in [0.2, 0.25) is 0 Å². The molecular formula is C17H8F4N2O2. The highest BCUT2D eigenvalue weighted by atomic mass is 19.4. The molecule has 0 atom stereocenters. The van der Waals surface area contributed by atoms with Crippen LogP contribution in [-0.4, -0.2) is 16.0 Å². The number of amides is 1. The highest BCUT2D eigenvalue weighted by molar-refractivity contribution is 6.24. The van der Waals surface area contributed by atoms with Crippen LogP contribution in [0.5, 0.6) is 5.88 Å². The van der Waals surface area contributed by atoms with Crippen LogP contribution in [0.4, 0.5) is 17.6 Å². The number of benzene rings is 2. The monoisotopic (exact) mass is 348 g/mol. The number of aromatic nitrogens is 1. The fourth-order valence-electron chi connectivity index (χ4n) is 2.94. The Labute approximate surface area is 136 Å². The summed E-state index contributed by atoms with van der Waals surface area (Å²) in [5.74, 6) is -1.76. The molecule has 3 aromatic rings. The maximum absolute atomic E-state index is 13.6. The van der Waals surface area contributed by atoms with Crippen LogP contribution in [0.3, 0.4) is 0 Å². The molecule has 2 aromatic carbocycles. The molecule has 25 heavy (non-hydrogen) atoms. The predicted molar refractivity (Wildman–Crippen MR) is 79.7 cm³/mol. The van der Waals surface area contributed by atoms with E-state index in [1.54, 1.807) is 0 Å². The lowest BCUT2D eigenvalue weighted by atomic mass is 10.0. The Morgan fingerprint density at radius 1 is 1.08 bits per heavy atom. The first-order valence-electron chi connectivity index (χ1n) is 7.11. The maximum atomic E-state index is 13.6. The van der Waals surface area contributed by atoms with Crippen molar-refractivity contribution in [3.8, 4) is 5.88 Å². The van der Waals surface area contributed by atoms with E-state index in [4.69, 9.17) is 0 Å². The minimum absolute atomic E-state index is 0.0155. The highest BCUT2D eigenvalue weighted by Crippen LogP contribution is 2.34. The quantitative estimate of drug-likeness (QED) is 0.663. The van der Waals surface area contributed by atoms with Crippen LogP contribution in [0, 0.1) is 5.82 Å². The molecule has 126 valence electrons. The van der Waals surface area contributed by atoms with Crippen LogP contribution in [0.15, 0.2) is 41.4 Å². The summed E-state index contributed by atoms with van der Waals surface area (Å²) in [7, 11) is 0. The van der Waals surface area contributed by atoms with Crippen molar-refractivity contribution in [2.45, 2.75) is 6.18 Å². The average Bonchev–Trinajstić information content (AvgIpc) is 3.00. The molecule has 4 rings (SSSR count).